The van der Waals surface area contributed by atoms with Gasteiger partial charge < -0.3 is 14.9 Å². The second-order valence-electron chi connectivity index (χ2n) is 5.96. The van der Waals surface area contributed by atoms with E-state index in [1.165, 1.54) is 0 Å². The van der Waals surface area contributed by atoms with Crippen LogP contribution in [0.3, 0.4) is 0 Å². The lowest BCUT2D eigenvalue weighted by Crippen LogP contribution is -2.40. The van der Waals surface area contributed by atoms with Crippen LogP contribution in [0.5, 0.6) is 0 Å². The van der Waals surface area contributed by atoms with E-state index in [1.54, 1.807) is 15.9 Å². The molecule has 7 heteroatoms. The molecule has 0 aromatic heterocycles. The molecule has 1 aromatic carbocycles. The molecule has 0 saturated carbocycles. The zero-order valence-electron chi connectivity index (χ0n) is 12.4. The number of benzene rings is 1. The zero-order valence-corrected chi connectivity index (χ0v) is 14.0. The maximum atomic E-state index is 12.6. The number of carboxylic acids is 1. The third-order valence-electron chi connectivity index (χ3n) is 4.50. The van der Waals surface area contributed by atoms with Crippen LogP contribution >= 0.6 is 15.9 Å². The molecule has 2 fully saturated rings. The van der Waals surface area contributed by atoms with Crippen LogP contribution in [0.25, 0.3) is 0 Å². The van der Waals surface area contributed by atoms with E-state index < -0.39 is 11.9 Å². The summed E-state index contributed by atoms with van der Waals surface area (Å²) in [6.45, 7) is 1.28. The van der Waals surface area contributed by atoms with Crippen molar-refractivity contribution in [1.82, 2.24) is 9.80 Å². The number of hydrogen-bond donors (Lipinski definition) is 1. The number of halogens is 1. The fourth-order valence-electron chi connectivity index (χ4n) is 3.24. The molecule has 3 rings (SSSR count). The van der Waals surface area contributed by atoms with Crippen molar-refractivity contribution < 1.29 is 19.5 Å². The van der Waals surface area contributed by atoms with Gasteiger partial charge in [-0.3, -0.25) is 14.4 Å². The molecule has 6 nitrogen and oxygen atoms in total. The van der Waals surface area contributed by atoms with Gasteiger partial charge in [-0.05, 0) is 34.5 Å². The molecule has 0 aliphatic carbocycles. The Hall–Kier alpha value is -1.89. The number of carbonyl (C=O) groups is 3. The Labute approximate surface area is 142 Å². The average molecular weight is 381 g/mol. The molecule has 0 spiro atoms. The van der Waals surface area contributed by atoms with Crippen molar-refractivity contribution in [2.45, 2.75) is 18.9 Å². The van der Waals surface area contributed by atoms with Crippen molar-refractivity contribution in [2.24, 2.45) is 5.92 Å². The lowest BCUT2D eigenvalue weighted by molar-refractivity contribution is -0.141. The second kappa shape index (κ2) is 6.31. The van der Waals surface area contributed by atoms with E-state index in [9.17, 15) is 14.4 Å². The van der Waals surface area contributed by atoms with E-state index in [0.717, 1.165) is 4.47 Å². The molecule has 2 amide bonds. The molecular weight excluding hydrogens is 364 g/mol. The van der Waals surface area contributed by atoms with Crippen molar-refractivity contribution in [2.75, 3.05) is 19.6 Å². The largest absolute Gasteiger partial charge is 0.481 e. The number of aliphatic carboxylic acids is 1. The molecule has 2 unspecified atom stereocenters. The molecule has 2 heterocycles. The first kappa shape index (κ1) is 16.0. The minimum absolute atomic E-state index is 0.0595. The minimum Gasteiger partial charge on any atom is -0.481 e. The molecule has 2 saturated heterocycles. The number of hydrogen-bond acceptors (Lipinski definition) is 3. The van der Waals surface area contributed by atoms with Crippen LogP contribution < -0.4 is 0 Å². The van der Waals surface area contributed by atoms with Crippen LogP contribution in [-0.4, -0.2) is 58.4 Å². The van der Waals surface area contributed by atoms with Gasteiger partial charge in [-0.2, -0.15) is 0 Å². The Kier molecular flexibility index (Phi) is 4.39. The summed E-state index contributed by atoms with van der Waals surface area (Å²) in [5, 5.41) is 9.06. The Morgan fingerprint density at radius 2 is 1.96 bits per heavy atom. The first-order valence-electron chi connectivity index (χ1n) is 7.53. The number of carbonyl (C=O) groups excluding carboxylic acids is 2. The topological polar surface area (TPSA) is 77.9 Å². The summed E-state index contributed by atoms with van der Waals surface area (Å²) in [6, 6.07) is 7.16. The summed E-state index contributed by atoms with van der Waals surface area (Å²) in [5.74, 6) is -1.76. The van der Waals surface area contributed by atoms with Gasteiger partial charge in [-0.15, -0.1) is 0 Å². The Morgan fingerprint density at radius 1 is 1.22 bits per heavy atom. The third kappa shape index (κ3) is 3.10. The van der Waals surface area contributed by atoms with Gasteiger partial charge in [-0.1, -0.05) is 12.1 Å². The highest BCUT2D eigenvalue weighted by Gasteiger charge is 2.41. The third-order valence-corrected chi connectivity index (χ3v) is 5.19. The molecular formula is C16H17BrN2O4. The Morgan fingerprint density at radius 3 is 2.61 bits per heavy atom. The molecule has 122 valence electrons. The lowest BCUT2D eigenvalue weighted by atomic mass is 10.1. The van der Waals surface area contributed by atoms with Gasteiger partial charge in [0.15, 0.2) is 0 Å². The summed E-state index contributed by atoms with van der Waals surface area (Å²) in [6.07, 6.45) is 0.748. The van der Waals surface area contributed by atoms with Gasteiger partial charge in [0.2, 0.25) is 5.91 Å². The summed E-state index contributed by atoms with van der Waals surface area (Å²) in [5.41, 5.74) is 0.601. The minimum atomic E-state index is -0.931. The smallest absolute Gasteiger partial charge is 0.308 e. The summed E-state index contributed by atoms with van der Waals surface area (Å²) in [4.78, 5) is 39.0. The summed E-state index contributed by atoms with van der Waals surface area (Å²) >= 11 is 3.38. The van der Waals surface area contributed by atoms with Crippen LogP contribution in [-0.2, 0) is 9.59 Å². The number of likely N-dealkylation sites (tertiary alicyclic amines) is 2. The van der Waals surface area contributed by atoms with E-state index in [0.29, 0.717) is 25.1 Å². The molecule has 2 atom stereocenters. The van der Waals surface area contributed by atoms with Crippen molar-refractivity contribution in [3.8, 4) is 0 Å². The Bertz CT molecular complexity index is 663. The highest BCUT2D eigenvalue weighted by atomic mass is 79.9. The maximum absolute atomic E-state index is 12.6. The van der Waals surface area contributed by atoms with E-state index in [2.05, 4.69) is 15.9 Å². The predicted octanol–water partition coefficient (Wildman–Crippen LogP) is 1.60. The van der Waals surface area contributed by atoms with Gasteiger partial charge in [-0.25, -0.2) is 0 Å². The first-order chi connectivity index (χ1) is 11.0. The van der Waals surface area contributed by atoms with E-state index in [-0.39, 0.29) is 30.8 Å². The monoisotopic (exact) mass is 380 g/mol. The van der Waals surface area contributed by atoms with Crippen molar-refractivity contribution >= 4 is 33.7 Å². The highest BCUT2D eigenvalue weighted by Crippen LogP contribution is 2.27. The molecule has 1 aromatic rings. The van der Waals surface area contributed by atoms with Crippen LogP contribution in [0, 0.1) is 5.92 Å². The van der Waals surface area contributed by atoms with Gasteiger partial charge in [0, 0.05) is 30.5 Å². The predicted molar refractivity (Wildman–Crippen MR) is 85.9 cm³/mol. The zero-order chi connectivity index (χ0) is 16.6. The van der Waals surface area contributed by atoms with Crippen molar-refractivity contribution in [3.05, 3.63) is 34.3 Å². The lowest BCUT2D eigenvalue weighted by Gasteiger charge is -2.24. The van der Waals surface area contributed by atoms with E-state index in [4.69, 9.17) is 5.11 Å². The molecule has 2 aliphatic rings. The fourth-order valence-corrected chi connectivity index (χ4v) is 3.69. The van der Waals surface area contributed by atoms with Gasteiger partial charge in [0.25, 0.3) is 5.91 Å². The molecule has 2 aliphatic heterocycles. The fraction of sp³-hybridized carbons (Fsp3) is 0.438. The van der Waals surface area contributed by atoms with Gasteiger partial charge in [0.1, 0.15) is 0 Å². The van der Waals surface area contributed by atoms with Crippen LogP contribution in [0.1, 0.15) is 23.2 Å². The standard InChI is InChI=1S/C16H17BrN2O4/c17-13-4-2-1-3-12(13)15(21)18-6-5-11(9-18)19-8-10(16(22)23)7-14(19)20/h1-4,10-11H,5-9H2,(H,22,23). The van der Waals surface area contributed by atoms with Crippen molar-refractivity contribution in [3.63, 3.8) is 0 Å². The van der Waals surface area contributed by atoms with Crippen molar-refractivity contribution in [1.29, 1.82) is 0 Å². The number of carboxylic acid groups (broad SMARTS) is 1. The van der Waals surface area contributed by atoms with Crippen LogP contribution in [0.4, 0.5) is 0 Å². The highest BCUT2D eigenvalue weighted by molar-refractivity contribution is 9.10. The second-order valence-corrected chi connectivity index (χ2v) is 6.81. The Balaban J connectivity index is 1.67. The van der Waals surface area contributed by atoms with Gasteiger partial charge in [0.05, 0.1) is 17.5 Å². The number of nitrogens with zero attached hydrogens (tertiary/aromatic N) is 2. The average Bonchev–Trinajstić information content (AvgIpc) is 3.13. The first-order valence-corrected chi connectivity index (χ1v) is 8.32. The van der Waals surface area contributed by atoms with Crippen LogP contribution in [0.2, 0.25) is 0 Å². The molecule has 0 radical (unpaired) electrons. The van der Waals surface area contributed by atoms with E-state index in [1.807, 2.05) is 18.2 Å². The summed E-state index contributed by atoms with van der Waals surface area (Å²) in [7, 11) is 0. The number of rotatable bonds is 3. The molecule has 1 N–H and O–H groups in total. The van der Waals surface area contributed by atoms with Gasteiger partial charge >= 0.3 is 5.97 Å². The van der Waals surface area contributed by atoms with E-state index >= 15 is 0 Å². The quantitative estimate of drug-likeness (QED) is 0.863. The van der Waals surface area contributed by atoms with Crippen LogP contribution in [0.15, 0.2) is 28.7 Å². The molecule has 0 bridgehead atoms. The SMILES string of the molecule is O=C(O)C1CC(=O)N(C2CCN(C(=O)c3ccccc3Br)C2)C1. The number of amides is 2. The molecule has 23 heavy (non-hydrogen) atoms. The normalized spacial score (nSPS) is 24.3. The maximum Gasteiger partial charge on any atom is 0.308 e. The summed E-state index contributed by atoms with van der Waals surface area (Å²) < 4.78 is 0.747.